The second kappa shape index (κ2) is 5.84. The Morgan fingerprint density at radius 2 is 2.00 bits per heavy atom. The molecule has 5 heteroatoms. The molecule has 2 N–H and O–H groups in total. The van der Waals surface area contributed by atoms with Crippen molar-refractivity contribution in [1.29, 1.82) is 0 Å². The quantitative estimate of drug-likeness (QED) is 0.877. The topological polar surface area (TPSA) is 41.1 Å². The average molecular weight is 266 g/mol. The molecular weight excluding hydrogens is 252 g/mol. The summed E-state index contributed by atoms with van der Waals surface area (Å²) in [6, 6.07) is 5.93. The van der Waals surface area contributed by atoms with Crippen LogP contribution in [0.25, 0.3) is 0 Å². The first-order valence-corrected chi connectivity index (χ1v) is 7.08. The van der Waals surface area contributed by atoms with E-state index in [0.717, 1.165) is 4.88 Å². The molecular formula is C12H14N2OS2. The summed E-state index contributed by atoms with van der Waals surface area (Å²) in [6.45, 7) is 3.24. The molecule has 17 heavy (non-hydrogen) atoms. The first kappa shape index (κ1) is 12.1. The van der Waals surface area contributed by atoms with E-state index in [2.05, 4.69) is 23.6 Å². The van der Waals surface area contributed by atoms with Gasteiger partial charge in [0.1, 0.15) is 0 Å². The van der Waals surface area contributed by atoms with Crippen LogP contribution < -0.4 is 10.6 Å². The zero-order valence-corrected chi connectivity index (χ0v) is 11.2. The van der Waals surface area contributed by atoms with Gasteiger partial charge in [0, 0.05) is 9.75 Å². The fourth-order valence-electron chi connectivity index (χ4n) is 1.39. The third-order valence-electron chi connectivity index (χ3n) is 2.38. The summed E-state index contributed by atoms with van der Waals surface area (Å²) in [5.74, 6) is 0. The number of rotatable bonds is 4. The van der Waals surface area contributed by atoms with Crippen molar-refractivity contribution in [2.75, 3.05) is 0 Å². The van der Waals surface area contributed by atoms with Crippen LogP contribution in [-0.4, -0.2) is 6.03 Å². The lowest BCUT2D eigenvalue weighted by atomic mass is 10.3. The van der Waals surface area contributed by atoms with Gasteiger partial charge < -0.3 is 10.6 Å². The van der Waals surface area contributed by atoms with Gasteiger partial charge in [-0.25, -0.2) is 4.79 Å². The normalized spacial score (nSPS) is 10.2. The average Bonchev–Trinajstić information content (AvgIpc) is 2.95. The molecule has 0 fully saturated rings. The van der Waals surface area contributed by atoms with Crippen LogP contribution in [0.15, 0.2) is 29.0 Å². The number of aryl methyl sites for hydroxylation is 1. The van der Waals surface area contributed by atoms with Crippen molar-refractivity contribution in [3.05, 3.63) is 44.3 Å². The van der Waals surface area contributed by atoms with E-state index in [0.29, 0.717) is 13.1 Å². The first-order valence-electron chi connectivity index (χ1n) is 5.33. The van der Waals surface area contributed by atoms with Crippen LogP contribution in [0.1, 0.15) is 15.3 Å². The molecule has 2 amide bonds. The molecule has 0 saturated heterocycles. The smallest absolute Gasteiger partial charge is 0.315 e. The van der Waals surface area contributed by atoms with Crippen molar-refractivity contribution >= 4 is 28.7 Å². The SMILES string of the molecule is Cc1ccsc1CNC(=O)NCc1cccs1. The van der Waals surface area contributed by atoms with Gasteiger partial charge in [-0.15, -0.1) is 22.7 Å². The van der Waals surface area contributed by atoms with E-state index < -0.39 is 0 Å². The van der Waals surface area contributed by atoms with Crippen LogP contribution in [0, 0.1) is 6.92 Å². The molecule has 0 radical (unpaired) electrons. The Morgan fingerprint density at radius 1 is 1.18 bits per heavy atom. The third-order valence-corrected chi connectivity index (χ3v) is 4.28. The van der Waals surface area contributed by atoms with Crippen molar-refractivity contribution in [3.63, 3.8) is 0 Å². The minimum Gasteiger partial charge on any atom is -0.333 e. The van der Waals surface area contributed by atoms with E-state index in [1.54, 1.807) is 22.7 Å². The fourth-order valence-corrected chi connectivity index (χ4v) is 2.88. The van der Waals surface area contributed by atoms with Gasteiger partial charge >= 0.3 is 6.03 Å². The molecule has 2 rings (SSSR count). The molecule has 0 saturated carbocycles. The molecule has 0 atom stereocenters. The summed E-state index contributed by atoms with van der Waals surface area (Å²) < 4.78 is 0. The lowest BCUT2D eigenvalue weighted by molar-refractivity contribution is 0.240. The van der Waals surface area contributed by atoms with Crippen LogP contribution in [-0.2, 0) is 13.1 Å². The molecule has 2 aromatic rings. The number of thiophene rings is 2. The Bertz CT molecular complexity index is 476. The molecule has 0 unspecified atom stereocenters. The molecule has 0 aliphatic rings. The number of urea groups is 1. The van der Waals surface area contributed by atoms with Gasteiger partial charge in [-0.1, -0.05) is 6.07 Å². The van der Waals surface area contributed by atoms with Crippen LogP contribution in [0.4, 0.5) is 4.79 Å². The van der Waals surface area contributed by atoms with Crippen LogP contribution in [0.3, 0.4) is 0 Å². The highest BCUT2D eigenvalue weighted by Crippen LogP contribution is 2.14. The number of amides is 2. The van der Waals surface area contributed by atoms with Crippen molar-refractivity contribution in [1.82, 2.24) is 10.6 Å². The summed E-state index contributed by atoms with van der Waals surface area (Å²) in [5, 5.41) is 9.73. The number of hydrogen-bond acceptors (Lipinski definition) is 3. The molecule has 0 bridgehead atoms. The second-order valence-electron chi connectivity index (χ2n) is 3.64. The lowest BCUT2D eigenvalue weighted by Crippen LogP contribution is -2.34. The molecule has 0 spiro atoms. The first-order chi connectivity index (χ1) is 8.25. The molecule has 0 aliphatic carbocycles. The Morgan fingerprint density at radius 3 is 2.65 bits per heavy atom. The third kappa shape index (κ3) is 3.57. The zero-order valence-electron chi connectivity index (χ0n) is 9.53. The highest BCUT2D eigenvalue weighted by molar-refractivity contribution is 7.10. The number of hydrogen-bond donors (Lipinski definition) is 2. The summed E-state index contributed by atoms with van der Waals surface area (Å²) in [6.07, 6.45) is 0. The number of carbonyl (C=O) groups excluding carboxylic acids is 1. The maximum atomic E-state index is 11.5. The lowest BCUT2D eigenvalue weighted by Gasteiger charge is -2.06. The van der Waals surface area contributed by atoms with Crippen molar-refractivity contribution in [3.8, 4) is 0 Å². The molecule has 3 nitrogen and oxygen atoms in total. The van der Waals surface area contributed by atoms with Gasteiger partial charge in [-0.2, -0.15) is 0 Å². The van der Waals surface area contributed by atoms with E-state index in [4.69, 9.17) is 0 Å². The van der Waals surface area contributed by atoms with Gasteiger partial charge in [0.2, 0.25) is 0 Å². The summed E-state index contributed by atoms with van der Waals surface area (Å²) in [4.78, 5) is 13.9. The van der Waals surface area contributed by atoms with E-state index in [1.165, 1.54) is 10.4 Å². The molecule has 2 heterocycles. The number of nitrogens with one attached hydrogen (secondary N) is 2. The maximum Gasteiger partial charge on any atom is 0.315 e. The zero-order chi connectivity index (χ0) is 12.1. The van der Waals surface area contributed by atoms with E-state index in [9.17, 15) is 4.79 Å². The Labute approximate surface area is 108 Å². The Kier molecular flexibility index (Phi) is 4.17. The van der Waals surface area contributed by atoms with E-state index >= 15 is 0 Å². The van der Waals surface area contributed by atoms with Gasteiger partial charge in [-0.3, -0.25) is 0 Å². The van der Waals surface area contributed by atoms with Crippen molar-refractivity contribution < 1.29 is 4.79 Å². The standard InChI is InChI=1S/C12H14N2OS2/c1-9-4-6-17-11(9)8-14-12(15)13-7-10-3-2-5-16-10/h2-6H,7-8H2,1H3,(H2,13,14,15). The molecule has 0 aliphatic heterocycles. The van der Waals surface area contributed by atoms with Gasteiger partial charge in [0.15, 0.2) is 0 Å². The largest absolute Gasteiger partial charge is 0.333 e. The molecule has 2 aromatic heterocycles. The second-order valence-corrected chi connectivity index (χ2v) is 5.68. The fraction of sp³-hybridized carbons (Fsp3) is 0.250. The maximum absolute atomic E-state index is 11.5. The molecule has 90 valence electrons. The minimum atomic E-state index is -0.119. The Balaban J connectivity index is 1.73. The van der Waals surface area contributed by atoms with Gasteiger partial charge in [-0.05, 0) is 35.4 Å². The summed E-state index contributed by atoms with van der Waals surface area (Å²) in [7, 11) is 0. The van der Waals surface area contributed by atoms with Crippen LogP contribution >= 0.6 is 22.7 Å². The van der Waals surface area contributed by atoms with Crippen LogP contribution in [0.2, 0.25) is 0 Å². The van der Waals surface area contributed by atoms with Crippen LogP contribution in [0.5, 0.6) is 0 Å². The highest BCUT2D eigenvalue weighted by atomic mass is 32.1. The summed E-state index contributed by atoms with van der Waals surface area (Å²) >= 11 is 3.31. The highest BCUT2D eigenvalue weighted by Gasteiger charge is 2.03. The monoisotopic (exact) mass is 266 g/mol. The minimum absolute atomic E-state index is 0.119. The number of carbonyl (C=O) groups is 1. The summed E-state index contributed by atoms with van der Waals surface area (Å²) in [5.41, 5.74) is 1.23. The van der Waals surface area contributed by atoms with Crippen molar-refractivity contribution in [2.24, 2.45) is 0 Å². The van der Waals surface area contributed by atoms with E-state index in [1.807, 2.05) is 22.9 Å². The van der Waals surface area contributed by atoms with Gasteiger partial charge in [0.05, 0.1) is 13.1 Å². The predicted octanol–water partition coefficient (Wildman–Crippen LogP) is 3.12. The molecule has 0 aromatic carbocycles. The van der Waals surface area contributed by atoms with E-state index in [-0.39, 0.29) is 6.03 Å². The van der Waals surface area contributed by atoms with Crippen molar-refractivity contribution in [2.45, 2.75) is 20.0 Å². The predicted molar refractivity (Wildman–Crippen MR) is 72.5 cm³/mol. The van der Waals surface area contributed by atoms with Gasteiger partial charge in [0.25, 0.3) is 0 Å². The Hall–Kier alpha value is -1.33.